The van der Waals surface area contributed by atoms with E-state index in [9.17, 15) is 9.59 Å². The van der Waals surface area contributed by atoms with Gasteiger partial charge in [-0.2, -0.15) is 0 Å². The van der Waals surface area contributed by atoms with E-state index in [0.717, 1.165) is 5.56 Å². The van der Waals surface area contributed by atoms with Crippen LogP contribution in [0, 0.1) is 0 Å². The number of hydrogen-bond donors (Lipinski definition) is 2. The number of nitrogens with one attached hydrogen (secondary N) is 2. The Balaban J connectivity index is 2.16. The van der Waals surface area contributed by atoms with Gasteiger partial charge in [-0.25, -0.2) is 9.59 Å². The third-order valence-corrected chi connectivity index (χ3v) is 4.41. The molecule has 0 fully saturated rings. The van der Waals surface area contributed by atoms with Crippen molar-refractivity contribution in [3.63, 3.8) is 0 Å². The molecule has 0 radical (unpaired) electrons. The molecule has 1 heterocycles. The average molecular weight is 391 g/mol. The van der Waals surface area contributed by atoms with E-state index in [1.165, 1.54) is 0 Å². The fourth-order valence-corrected chi connectivity index (χ4v) is 2.99. The number of halogens is 2. The van der Waals surface area contributed by atoms with Gasteiger partial charge in [-0.1, -0.05) is 47.5 Å². The Morgan fingerprint density at radius 2 is 1.62 bits per heavy atom. The van der Waals surface area contributed by atoms with E-state index in [0.29, 0.717) is 26.9 Å². The van der Waals surface area contributed by atoms with Crippen molar-refractivity contribution in [2.75, 3.05) is 6.61 Å². The molecule has 0 saturated carbocycles. The molecule has 2 N–H and O–H groups in total. The predicted octanol–water partition coefficient (Wildman–Crippen LogP) is 4.32. The number of ether oxygens (including phenoxy) is 1. The summed E-state index contributed by atoms with van der Waals surface area (Å²) in [6, 6.07) is 12.7. The van der Waals surface area contributed by atoms with Crippen molar-refractivity contribution in [2.45, 2.75) is 13.0 Å². The Hall–Kier alpha value is -2.50. The lowest BCUT2D eigenvalue weighted by Crippen LogP contribution is -2.45. The number of amides is 2. The first-order valence-electron chi connectivity index (χ1n) is 7.99. The van der Waals surface area contributed by atoms with Gasteiger partial charge in [-0.15, -0.1) is 0 Å². The largest absolute Gasteiger partial charge is 0.463 e. The standard InChI is InChI=1S/C19H16Cl2N2O3/c1-2-26-18(24)15-16(11-3-7-13(20)8-4-11)22-19(25)23-17(15)12-5-9-14(21)10-6-12/h3-10,16H,2H2,1H3,(H2,22,23,25)/t16-/m1/s1. The molecule has 0 unspecified atom stereocenters. The van der Waals surface area contributed by atoms with Crippen LogP contribution < -0.4 is 10.6 Å². The molecular weight excluding hydrogens is 375 g/mol. The summed E-state index contributed by atoms with van der Waals surface area (Å²) in [5.41, 5.74) is 2.09. The Morgan fingerprint density at radius 3 is 2.19 bits per heavy atom. The van der Waals surface area contributed by atoms with Gasteiger partial charge in [0.1, 0.15) is 0 Å². The maximum absolute atomic E-state index is 12.7. The van der Waals surface area contributed by atoms with Crippen molar-refractivity contribution >= 4 is 40.9 Å². The Morgan fingerprint density at radius 1 is 1.04 bits per heavy atom. The molecule has 3 rings (SSSR count). The van der Waals surface area contributed by atoms with Crippen molar-refractivity contribution in [3.8, 4) is 0 Å². The minimum absolute atomic E-state index is 0.220. The van der Waals surface area contributed by atoms with E-state index in [1.54, 1.807) is 55.5 Å². The maximum atomic E-state index is 12.7. The third kappa shape index (κ3) is 3.84. The summed E-state index contributed by atoms with van der Waals surface area (Å²) in [5.74, 6) is -0.509. The van der Waals surface area contributed by atoms with E-state index in [-0.39, 0.29) is 6.61 Å². The summed E-state index contributed by atoms with van der Waals surface area (Å²) in [6.07, 6.45) is 0. The van der Waals surface area contributed by atoms with Crippen LogP contribution in [0.15, 0.2) is 54.1 Å². The van der Waals surface area contributed by atoms with Gasteiger partial charge in [-0.3, -0.25) is 0 Å². The van der Waals surface area contributed by atoms with Gasteiger partial charge in [0.2, 0.25) is 0 Å². The van der Waals surface area contributed by atoms with Crippen molar-refractivity contribution in [1.29, 1.82) is 0 Å². The van der Waals surface area contributed by atoms with Crippen molar-refractivity contribution < 1.29 is 14.3 Å². The molecule has 7 heteroatoms. The molecule has 0 bridgehead atoms. The third-order valence-electron chi connectivity index (χ3n) is 3.90. The molecule has 2 aromatic carbocycles. The minimum Gasteiger partial charge on any atom is -0.463 e. The topological polar surface area (TPSA) is 67.4 Å². The number of carbonyl (C=O) groups excluding carboxylic acids is 2. The summed E-state index contributed by atoms with van der Waals surface area (Å²) in [4.78, 5) is 24.9. The zero-order valence-electron chi connectivity index (χ0n) is 13.9. The van der Waals surface area contributed by atoms with Crippen LogP contribution in [0.2, 0.25) is 10.0 Å². The zero-order valence-corrected chi connectivity index (χ0v) is 15.4. The van der Waals surface area contributed by atoms with Gasteiger partial charge in [0, 0.05) is 10.0 Å². The second kappa shape index (κ2) is 7.81. The minimum atomic E-state index is -0.661. The lowest BCUT2D eigenvalue weighted by molar-refractivity contribution is -0.138. The van der Waals surface area contributed by atoms with Crippen molar-refractivity contribution in [2.24, 2.45) is 0 Å². The van der Waals surface area contributed by atoms with Crippen molar-refractivity contribution in [1.82, 2.24) is 10.6 Å². The van der Waals surface area contributed by atoms with Crippen LogP contribution in [0.4, 0.5) is 4.79 Å². The van der Waals surface area contributed by atoms with Gasteiger partial charge in [0.15, 0.2) is 0 Å². The highest BCUT2D eigenvalue weighted by Crippen LogP contribution is 2.32. The summed E-state index contributed by atoms with van der Waals surface area (Å²) in [7, 11) is 0. The van der Waals surface area contributed by atoms with Crippen LogP contribution in [0.25, 0.3) is 5.70 Å². The molecular formula is C19H16Cl2N2O3. The van der Waals surface area contributed by atoms with Crippen molar-refractivity contribution in [3.05, 3.63) is 75.3 Å². The number of urea groups is 1. The lowest BCUT2D eigenvalue weighted by atomic mass is 9.93. The first-order valence-corrected chi connectivity index (χ1v) is 8.75. The van der Waals surface area contributed by atoms with Crippen LogP contribution in [0.3, 0.4) is 0 Å². The van der Waals surface area contributed by atoms with Crippen LogP contribution >= 0.6 is 23.2 Å². The SMILES string of the molecule is CCOC(=O)C1=C(c2ccc(Cl)cc2)NC(=O)N[C@@H]1c1ccc(Cl)cc1. The highest BCUT2D eigenvalue weighted by atomic mass is 35.5. The number of benzene rings is 2. The molecule has 2 amide bonds. The lowest BCUT2D eigenvalue weighted by Gasteiger charge is -2.29. The van der Waals surface area contributed by atoms with E-state index < -0.39 is 18.0 Å². The number of rotatable bonds is 4. The zero-order chi connectivity index (χ0) is 18.7. The van der Waals surface area contributed by atoms with Gasteiger partial charge < -0.3 is 15.4 Å². The first kappa shape index (κ1) is 18.3. The molecule has 5 nitrogen and oxygen atoms in total. The monoisotopic (exact) mass is 390 g/mol. The number of hydrogen-bond acceptors (Lipinski definition) is 3. The molecule has 0 aromatic heterocycles. The Bertz CT molecular complexity index is 861. The molecule has 26 heavy (non-hydrogen) atoms. The van der Waals surface area contributed by atoms with E-state index in [1.807, 2.05) is 0 Å². The van der Waals surface area contributed by atoms with Crippen LogP contribution in [-0.2, 0) is 9.53 Å². The van der Waals surface area contributed by atoms with Crippen LogP contribution in [0.5, 0.6) is 0 Å². The second-order valence-corrected chi connectivity index (χ2v) is 6.47. The van der Waals surface area contributed by atoms with E-state index >= 15 is 0 Å². The fourth-order valence-electron chi connectivity index (χ4n) is 2.74. The molecule has 1 aliphatic rings. The van der Waals surface area contributed by atoms with Crippen LogP contribution in [0.1, 0.15) is 24.1 Å². The quantitative estimate of drug-likeness (QED) is 0.763. The average Bonchev–Trinajstić information content (AvgIpc) is 2.62. The summed E-state index contributed by atoms with van der Waals surface area (Å²) in [6.45, 7) is 1.95. The normalized spacial score (nSPS) is 16.7. The Kier molecular flexibility index (Phi) is 5.49. The summed E-state index contributed by atoms with van der Waals surface area (Å²) >= 11 is 11.9. The molecule has 1 aliphatic heterocycles. The van der Waals surface area contributed by atoms with Gasteiger partial charge in [0.25, 0.3) is 0 Å². The maximum Gasteiger partial charge on any atom is 0.338 e. The Labute approximate surface area is 160 Å². The fraction of sp³-hybridized carbons (Fsp3) is 0.158. The van der Waals surface area contributed by atoms with Gasteiger partial charge in [-0.05, 0) is 42.3 Å². The van der Waals surface area contributed by atoms with Gasteiger partial charge in [0.05, 0.1) is 23.9 Å². The summed E-state index contributed by atoms with van der Waals surface area (Å²) < 4.78 is 5.23. The first-order chi connectivity index (χ1) is 12.5. The number of esters is 1. The smallest absolute Gasteiger partial charge is 0.338 e. The predicted molar refractivity (Wildman–Crippen MR) is 101 cm³/mol. The second-order valence-electron chi connectivity index (χ2n) is 5.60. The highest BCUT2D eigenvalue weighted by Gasteiger charge is 2.34. The highest BCUT2D eigenvalue weighted by molar-refractivity contribution is 6.30. The molecule has 0 aliphatic carbocycles. The number of carbonyl (C=O) groups is 2. The van der Waals surface area contributed by atoms with Gasteiger partial charge >= 0.3 is 12.0 Å². The molecule has 0 spiro atoms. The van der Waals surface area contributed by atoms with Crippen LogP contribution in [-0.4, -0.2) is 18.6 Å². The molecule has 0 saturated heterocycles. The van der Waals surface area contributed by atoms with E-state index in [2.05, 4.69) is 10.6 Å². The molecule has 134 valence electrons. The summed E-state index contributed by atoms with van der Waals surface area (Å²) in [5, 5.41) is 6.61. The molecule has 2 aromatic rings. The van der Waals surface area contributed by atoms with E-state index in [4.69, 9.17) is 27.9 Å². The molecule has 1 atom stereocenters.